The molecule has 2 aromatic rings. The Morgan fingerprint density at radius 2 is 2.11 bits per heavy atom. The average molecular weight is 332 g/mol. The van der Waals surface area contributed by atoms with Crippen LogP contribution in [0.1, 0.15) is 22.9 Å². The monoisotopic (exact) mass is 331 g/mol. The molecule has 5 nitrogen and oxygen atoms in total. The standard InChI is InChI=1S/C11H12BrF2N5/c1-5-3-4-6(13)7(8(5)14)9(16-15)10-11(12)17-18-19(10)2/h3-4,9,16H,15H2,1-2H3. The van der Waals surface area contributed by atoms with Crippen molar-refractivity contribution >= 4 is 15.9 Å². The number of nitrogens with two attached hydrogens (primary N) is 1. The Morgan fingerprint density at radius 1 is 1.42 bits per heavy atom. The number of rotatable bonds is 3. The van der Waals surface area contributed by atoms with Gasteiger partial charge < -0.3 is 0 Å². The van der Waals surface area contributed by atoms with E-state index >= 15 is 0 Å². The highest BCUT2D eigenvalue weighted by Crippen LogP contribution is 2.30. The molecule has 1 heterocycles. The molecule has 0 amide bonds. The van der Waals surface area contributed by atoms with Crippen molar-refractivity contribution in [3.05, 3.63) is 45.2 Å². The highest BCUT2D eigenvalue weighted by atomic mass is 79.9. The summed E-state index contributed by atoms with van der Waals surface area (Å²) in [6.07, 6.45) is 0. The summed E-state index contributed by atoms with van der Waals surface area (Å²) < 4.78 is 29.8. The Kier molecular flexibility index (Phi) is 3.93. The van der Waals surface area contributed by atoms with Crippen LogP contribution in [0, 0.1) is 18.6 Å². The van der Waals surface area contributed by atoms with E-state index in [0.717, 1.165) is 0 Å². The van der Waals surface area contributed by atoms with Crippen molar-refractivity contribution in [2.45, 2.75) is 13.0 Å². The number of hydrazine groups is 1. The molecular formula is C11H12BrF2N5. The normalized spacial score (nSPS) is 12.7. The molecule has 2 rings (SSSR count). The van der Waals surface area contributed by atoms with Crippen molar-refractivity contribution in [3.8, 4) is 0 Å². The molecule has 1 aromatic heterocycles. The van der Waals surface area contributed by atoms with Crippen LogP contribution in [-0.4, -0.2) is 15.0 Å². The van der Waals surface area contributed by atoms with Gasteiger partial charge in [-0.1, -0.05) is 11.3 Å². The van der Waals surface area contributed by atoms with Crippen molar-refractivity contribution in [2.75, 3.05) is 0 Å². The zero-order valence-corrected chi connectivity index (χ0v) is 11.9. The van der Waals surface area contributed by atoms with Gasteiger partial charge in [-0.05, 0) is 34.5 Å². The van der Waals surface area contributed by atoms with E-state index < -0.39 is 17.7 Å². The summed E-state index contributed by atoms with van der Waals surface area (Å²) in [7, 11) is 1.61. The van der Waals surface area contributed by atoms with Crippen LogP contribution >= 0.6 is 15.9 Å². The van der Waals surface area contributed by atoms with Gasteiger partial charge in [-0.3, -0.25) is 5.84 Å². The van der Waals surface area contributed by atoms with Crippen LogP contribution in [0.2, 0.25) is 0 Å². The summed E-state index contributed by atoms with van der Waals surface area (Å²) in [5.41, 5.74) is 3.01. The van der Waals surface area contributed by atoms with E-state index in [2.05, 4.69) is 31.7 Å². The van der Waals surface area contributed by atoms with Gasteiger partial charge in [-0.15, -0.1) is 5.10 Å². The number of nitrogens with zero attached hydrogens (tertiary/aromatic N) is 3. The second kappa shape index (κ2) is 5.32. The van der Waals surface area contributed by atoms with E-state index in [4.69, 9.17) is 5.84 Å². The van der Waals surface area contributed by atoms with Gasteiger partial charge in [-0.2, -0.15) is 0 Å². The molecule has 0 fully saturated rings. The fraction of sp³-hybridized carbons (Fsp3) is 0.273. The average Bonchev–Trinajstić information content (AvgIpc) is 2.70. The minimum Gasteiger partial charge on any atom is -0.271 e. The lowest BCUT2D eigenvalue weighted by Crippen LogP contribution is -2.32. The molecule has 1 unspecified atom stereocenters. The summed E-state index contributed by atoms with van der Waals surface area (Å²) in [6.45, 7) is 1.56. The van der Waals surface area contributed by atoms with Crippen LogP contribution in [-0.2, 0) is 7.05 Å². The van der Waals surface area contributed by atoms with Crippen molar-refractivity contribution in [2.24, 2.45) is 12.9 Å². The summed E-state index contributed by atoms with van der Waals surface area (Å²) in [5.74, 6) is 4.12. The van der Waals surface area contributed by atoms with E-state index in [9.17, 15) is 8.78 Å². The molecular weight excluding hydrogens is 320 g/mol. The lowest BCUT2D eigenvalue weighted by atomic mass is 10.0. The van der Waals surface area contributed by atoms with Gasteiger partial charge in [0, 0.05) is 12.6 Å². The zero-order chi connectivity index (χ0) is 14.2. The topological polar surface area (TPSA) is 68.8 Å². The Balaban J connectivity index is 2.64. The third kappa shape index (κ3) is 2.38. The van der Waals surface area contributed by atoms with Gasteiger partial charge in [0.25, 0.3) is 0 Å². The quantitative estimate of drug-likeness (QED) is 0.663. The van der Waals surface area contributed by atoms with Crippen molar-refractivity contribution in [3.63, 3.8) is 0 Å². The van der Waals surface area contributed by atoms with Crippen LogP contribution in [0.3, 0.4) is 0 Å². The molecule has 3 N–H and O–H groups in total. The summed E-state index contributed by atoms with van der Waals surface area (Å²) in [5, 5.41) is 7.55. The molecule has 0 aliphatic carbocycles. The van der Waals surface area contributed by atoms with Gasteiger partial charge in [0.1, 0.15) is 11.6 Å². The van der Waals surface area contributed by atoms with E-state index in [1.807, 2.05) is 0 Å². The summed E-state index contributed by atoms with van der Waals surface area (Å²) in [4.78, 5) is 0. The van der Waals surface area contributed by atoms with Gasteiger partial charge in [0.2, 0.25) is 0 Å². The maximum atomic E-state index is 14.2. The van der Waals surface area contributed by atoms with Gasteiger partial charge in [0.15, 0.2) is 4.60 Å². The highest BCUT2D eigenvalue weighted by molar-refractivity contribution is 9.10. The molecule has 0 spiro atoms. The van der Waals surface area contributed by atoms with E-state index in [1.54, 1.807) is 14.0 Å². The number of benzene rings is 1. The molecule has 0 saturated heterocycles. The second-order valence-corrected chi connectivity index (χ2v) is 4.83. The van der Waals surface area contributed by atoms with Crippen LogP contribution in [0.4, 0.5) is 8.78 Å². The number of nitrogens with one attached hydrogen (secondary N) is 1. The molecule has 0 saturated carbocycles. The van der Waals surface area contributed by atoms with Gasteiger partial charge >= 0.3 is 0 Å². The smallest absolute Gasteiger partial charge is 0.153 e. The first-order valence-electron chi connectivity index (χ1n) is 5.43. The molecule has 1 aromatic carbocycles. The Hall–Kier alpha value is -1.38. The highest BCUT2D eigenvalue weighted by Gasteiger charge is 2.27. The molecule has 1 atom stereocenters. The third-order valence-electron chi connectivity index (χ3n) is 2.88. The van der Waals surface area contributed by atoms with Crippen LogP contribution in [0.5, 0.6) is 0 Å². The van der Waals surface area contributed by atoms with Gasteiger partial charge in [0.05, 0.1) is 11.7 Å². The molecule has 0 aliphatic rings. The molecule has 0 bridgehead atoms. The number of halogens is 3. The Labute approximate surface area is 116 Å². The lowest BCUT2D eigenvalue weighted by Gasteiger charge is -2.18. The number of aryl methyl sites for hydroxylation is 2. The predicted molar refractivity (Wildman–Crippen MR) is 69.0 cm³/mol. The Morgan fingerprint density at radius 3 is 2.63 bits per heavy atom. The summed E-state index contributed by atoms with van der Waals surface area (Å²) >= 11 is 3.19. The lowest BCUT2D eigenvalue weighted by molar-refractivity contribution is 0.488. The maximum Gasteiger partial charge on any atom is 0.153 e. The third-order valence-corrected chi connectivity index (χ3v) is 3.44. The maximum absolute atomic E-state index is 14.2. The molecule has 0 radical (unpaired) electrons. The fourth-order valence-corrected chi connectivity index (χ4v) is 2.44. The zero-order valence-electron chi connectivity index (χ0n) is 10.3. The number of hydrogen-bond acceptors (Lipinski definition) is 4. The number of aromatic nitrogens is 3. The van der Waals surface area contributed by atoms with E-state index in [-0.39, 0.29) is 5.56 Å². The molecule has 8 heteroatoms. The van der Waals surface area contributed by atoms with Crippen molar-refractivity contribution < 1.29 is 8.78 Å². The minimum atomic E-state index is -0.894. The first-order valence-corrected chi connectivity index (χ1v) is 6.22. The van der Waals surface area contributed by atoms with Crippen molar-refractivity contribution in [1.82, 2.24) is 20.4 Å². The van der Waals surface area contributed by atoms with Gasteiger partial charge in [-0.25, -0.2) is 18.9 Å². The van der Waals surface area contributed by atoms with E-state index in [1.165, 1.54) is 16.8 Å². The predicted octanol–water partition coefficient (Wildman–Crippen LogP) is 1.72. The minimum absolute atomic E-state index is 0.159. The summed E-state index contributed by atoms with van der Waals surface area (Å²) in [6, 6.07) is 1.68. The molecule has 19 heavy (non-hydrogen) atoms. The van der Waals surface area contributed by atoms with Crippen LogP contribution in [0.25, 0.3) is 0 Å². The number of hydrogen-bond donors (Lipinski definition) is 2. The SMILES string of the molecule is Cc1ccc(F)c(C(NN)c2c(Br)nnn2C)c1F. The van der Waals surface area contributed by atoms with E-state index in [0.29, 0.717) is 15.9 Å². The molecule has 0 aliphatic heterocycles. The second-order valence-electron chi connectivity index (χ2n) is 4.08. The first-order chi connectivity index (χ1) is 8.97. The molecule has 102 valence electrons. The fourth-order valence-electron chi connectivity index (χ4n) is 1.89. The largest absolute Gasteiger partial charge is 0.271 e. The Bertz CT molecular complexity index is 594. The van der Waals surface area contributed by atoms with Crippen molar-refractivity contribution in [1.29, 1.82) is 0 Å². The van der Waals surface area contributed by atoms with Crippen LogP contribution < -0.4 is 11.3 Å². The first kappa shape index (κ1) is 14.0. The van der Waals surface area contributed by atoms with Crippen LogP contribution in [0.15, 0.2) is 16.7 Å².